The Balaban J connectivity index is 1.83. The Bertz CT molecular complexity index is 333. The number of hydrogen-bond acceptors (Lipinski definition) is 2. The van der Waals surface area contributed by atoms with Gasteiger partial charge in [-0.1, -0.05) is 37.1 Å². The van der Waals surface area contributed by atoms with Gasteiger partial charge in [-0.15, -0.1) is 0 Å². The summed E-state index contributed by atoms with van der Waals surface area (Å²) in [6.45, 7) is 3.42. The summed E-state index contributed by atoms with van der Waals surface area (Å²) < 4.78 is 0. The van der Waals surface area contributed by atoms with Gasteiger partial charge in [0, 0.05) is 6.04 Å². The average molecular weight is 219 g/mol. The summed E-state index contributed by atoms with van der Waals surface area (Å²) in [6, 6.07) is 8.55. The summed E-state index contributed by atoms with van der Waals surface area (Å²) in [5.41, 5.74) is 2.26. The highest BCUT2D eigenvalue weighted by Gasteiger charge is 2.20. The minimum Gasteiger partial charge on any atom is -0.392 e. The lowest BCUT2D eigenvalue weighted by atomic mass is 10.1. The molecule has 0 radical (unpaired) electrons. The standard InChI is InChI=1S/C14H21NO/c1-11(15-8-7-12-5-6-12)14-4-2-3-13(9-14)10-16/h2-4,9,11-12,15-16H,5-8,10H2,1H3. The Kier molecular flexibility index (Phi) is 3.97. The van der Waals surface area contributed by atoms with Gasteiger partial charge in [0.2, 0.25) is 0 Å². The van der Waals surface area contributed by atoms with Crippen molar-refractivity contribution in [1.29, 1.82) is 0 Å². The monoisotopic (exact) mass is 219 g/mol. The first-order valence-corrected chi connectivity index (χ1v) is 6.22. The van der Waals surface area contributed by atoms with Gasteiger partial charge in [0.25, 0.3) is 0 Å². The molecule has 0 aromatic heterocycles. The van der Waals surface area contributed by atoms with E-state index >= 15 is 0 Å². The van der Waals surface area contributed by atoms with E-state index in [4.69, 9.17) is 5.11 Å². The van der Waals surface area contributed by atoms with E-state index in [-0.39, 0.29) is 6.61 Å². The predicted molar refractivity (Wildman–Crippen MR) is 66.1 cm³/mol. The second-order valence-corrected chi connectivity index (χ2v) is 4.81. The average Bonchev–Trinajstić information content (AvgIpc) is 3.13. The fourth-order valence-electron chi connectivity index (χ4n) is 1.99. The lowest BCUT2D eigenvalue weighted by Crippen LogP contribution is -2.20. The first-order chi connectivity index (χ1) is 7.79. The number of rotatable bonds is 6. The van der Waals surface area contributed by atoms with Crippen molar-refractivity contribution in [1.82, 2.24) is 5.32 Å². The smallest absolute Gasteiger partial charge is 0.0681 e. The van der Waals surface area contributed by atoms with Crippen LogP contribution in [0.1, 0.15) is 43.4 Å². The minimum atomic E-state index is 0.128. The molecule has 2 rings (SSSR count). The van der Waals surface area contributed by atoms with E-state index in [1.54, 1.807) is 0 Å². The van der Waals surface area contributed by atoms with Gasteiger partial charge in [0.1, 0.15) is 0 Å². The van der Waals surface area contributed by atoms with Crippen LogP contribution in [0, 0.1) is 5.92 Å². The molecule has 0 aliphatic heterocycles. The molecule has 1 fully saturated rings. The quantitative estimate of drug-likeness (QED) is 0.771. The highest BCUT2D eigenvalue weighted by atomic mass is 16.3. The van der Waals surface area contributed by atoms with Gasteiger partial charge in [0.05, 0.1) is 6.61 Å². The fraction of sp³-hybridized carbons (Fsp3) is 0.571. The second-order valence-electron chi connectivity index (χ2n) is 4.81. The minimum absolute atomic E-state index is 0.128. The maximum atomic E-state index is 9.08. The van der Waals surface area contributed by atoms with Crippen LogP contribution >= 0.6 is 0 Å². The van der Waals surface area contributed by atoms with Crippen LogP contribution in [0.15, 0.2) is 24.3 Å². The van der Waals surface area contributed by atoms with Gasteiger partial charge in [-0.05, 0) is 36.9 Å². The van der Waals surface area contributed by atoms with Crippen LogP contribution in [0.5, 0.6) is 0 Å². The number of hydrogen-bond donors (Lipinski definition) is 2. The van der Waals surface area contributed by atoms with E-state index in [0.29, 0.717) is 6.04 Å². The topological polar surface area (TPSA) is 32.3 Å². The van der Waals surface area contributed by atoms with Gasteiger partial charge in [-0.25, -0.2) is 0 Å². The maximum absolute atomic E-state index is 9.08. The third-order valence-corrected chi connectivity index (χ3v) is 3.33. The molecule has 1 saturated carbocycles. The predicted octanol–water partition coefficient (Wildman–Crippen LogP) is 2.63. The van der Waals surface area contributed by atoms with E-state index in [1.807, 2.05) is 12.1 Å². The van der Waals surface area contributed by atoms with Gasteiger partial charge in [0.15, 0.2) is 0 Å². The molecule has 2 nitrogen and oxygen atoms in total. The third kappa shape index (κ3) is 3.32. The molecule has 88 valence electrons. The molecule has 1 aliphatic carbocycles. The molecule has 0 amide bonds. The zero-order valence-corrected chi connectivity index (χ0v) is 9.95. The summed E-state index contributed by atoms with van der Waals surface area (Å²) in [4.78, 5) is 0. The summed E-state index contributed by atoms with van der Waals surface area (Å²) >= 11 is 0. The van der Waals surface area contributed by atoms with E-state index in [9.17, 15) is 0 Å². The van der Waals surface area contributed by atoms with E-state index in [1.165, 1.54) is 24.8 Å². The molecule has 1 atom stereocenters. The van der Waals surface area contributed by atoms with Crippen LogP contribution in [-0.2, 0) is 6.61 Å². The van der Waals surface area contributed by atoms with E-state index in [0.717, 1.165) is 18.0 Å². The van der Waals surface area contributed by atoms with E-state index in [2.05, 4.69) is 24.4 Å². The summed E-state index contributed by atoms with van der Waals surface area (Å²) in [7, 11) is 0. The van der Waals surface area contributed by atoms with Gasteiger partial charge < -0.3 is 10.4 Å². The van der Waals surface area contributed by atoms with Crippen molar-refractivity contribution in [3.63, 3.8) is 0 Å². The van der Waals surface area contributed by atoms with Gasteiger partial charge in [-0.3, -0.25) is 0 Å². The molecule has 0 spiro atoms. The van der Waals surface area contributed by atoms with Crippen molar-refractivity contribution in [2.24, 2.45) is 5.92 Å². The van der Waals surface area contributed by atoms with Crippen LogP contribution in [0.25, 0.3) is 0 Å². The van der Waals surface area contributed by atoms with Crippen LogP contribution in [0.4, 0.5) is 0 Å². The maximum Gasteiger partial charge on any atom is 0.0681 e. The fourth-order valence-corrected chi connectivity index (χ4v) is 1.99. The zero-order chi connectivity index (χ0) is 11.4. The van der Waals surface area contributed by atoms with Crippen molar-refractivity contribution in [3.05, 3.63) is 35.4 Å². The first-order valence-electron chi connectivity index (χ1n) is 6.22. The molecule has 2 N–H and O–H groups in total. The second kappa shape index (κ2) is 5.46. The largest absolute Gasteiger partial charge is 0.392 e. The number of nitrogens with one attached hydrogen (secondary N) is 1. The zero-order valence-electron chi connectivity index (χ0n) is 9.95. The highest BCUT2D eigenvalue weighted by molar-refractivity contribution is 5.25. The molecular weight excluding hydrogens is 198 g/mol. The Hall–Kier alpha value is -0.860. The summed E-state index contributed by atoms with van der Waals surface area (Å²) in [5, 5.41) is 12.6. The normalized spacial score (nSPS) is 17.4. The van der Waals surface area contributed by atoms with Gasteiger partial charge >= 0.3 is 0 Å². The van der Waals surface area contributed by atoms with Crippen molar-refractivity contribution in [2.45, 2.75) is 38.8 Å². The van der Waals surface area contributed by atoms with Crippen molar-refractivity contribution >= 4 is 0 Å². The molecule has 1 aromatic carbocycles. The Labute approximate surface area is 97.7 Å². The van der Waals surface area contributed by atoms with Gasteiger partial charge in [-0.2, -0.15) is 0 Å². The van der Waals surface area contributed by atoms with Crippen molar-refractivity contribution in [3.8, 4) is 0 Å². The molecular formula is C14H21NO. The molecule has 2 heteroatoms. The number of aliphatic hydroxyl groups excluding tert-OH is 1. The summed E-state index contributed by atoms with van der Waals surface area (Å²) in [5.74, 6) is 0.989. The van der Waals surface area contributed by atoms with Crippen LogP contribution in [0.2, 0.25) is 0 Å². The molecule has 0 saturated heterocycles. The lowest BCUT2D eigenvalue weighted by molar-refractivity contribution is 0.281. The molecule has 1 aliphatic rings. The SMILES string of the molecule is CC(NCCC1CC1)c1cccc(CO)c1. The number of benzene rings is 1. The molecule has 0 heterocycles. The Morgan fingerprint density at radius 3 is 2.94 bits per heavy atom. The molecule has 16 heavy (non-hydrogen) atoms. The lowest BCUT2D eigenvalue weighted by Gasteiger charge is -2.14. The molecule has 1 unspecified atom stereocenters. The highest BCUT2D eigenvalue weighted by Crippen LogP contribution is 2.31. The van der Waals surface area contributed by atoms with Crippen LogP contribution in [-0.4, -0.2) is 11.7 Å². The van der Waals surface area contributed by atoms with Crippen molar-refractivity contribution in [2.75, 3.05) is 6.54 Å². The molecule has 1 aromatic rings. The van der Waals surface area contributed by atoms with Crippen LogP contribution < -0.4 is 5.32 Å². The molecule has 0 bridgehead atoms. The van der Waals surface area contributed by atoms with Crippen LogP contribution in [0.3, 0.4) is 0 Å². The Morgan fingerprint density at radius 2 is 2.25 bits per heavy atom. The van der Waals surface area contributed by atoms with E-state index < -0.39 is 0 Å². The Morgan fingerprint density at radius 1 is 1.44 bits per heavy atom. The van der Waals surface area contributed by atoms with Crippen molar-refractivity contribution < 1.29 is 5.11 Å². The first kappa shape index (κ1) is 11.6. The third-order valence-electron chi connectivity index (χ3n) is 3.33. The summed E-state index contributed by atoms with van der Waals surface area (Å²) in [6.07, 6.45) is 4.16. The number of aliphatic hydroxyl groups is 1.